The quantitative estimate of drug-likeness (QED) is 0.887. The standard InChI is InChI=1S/C16H24N2O/c1-2-4-15-13-16(6-5-14(15)3-1)17-7-8-18-9-11-19-12-10-18/h1-4,16-17H,5-13H2. The van der Waals surface area contributed by atoms with Crippen LogP contribution in [-0.2, 0) is 17.6 Å². The van der Waals surface area contributed by atoms with Crippen molar-refractivity contribution < 1.29 is 4.74 Å². The summed E-state index contributed by atoms with van der Waals surface area (Å²) in [5.41, 5.74) is 3.09. The molecule has 1 aromatic carbocycles. The predicted molar refractivity (Wildman–Crippen MR) is 77.5 cm³/mol. The molecule has 0 amide bonds. The minimum atomic E-state index is 0.663. The first-order valence-corrected chi connectivity index (χ1v) is 7.52. The average molecular weight is 260 g/mol. The van der Waals surface area contributed by atoms with Gasteiger partial charge in [0.1, 0.15) is 0 Å². The highest BCUT2D eigenvalue weighted by molar-refractivity contribution is 5.30. The average Bonchev–Trinajstić information content (AvgIpc) is 2.48. The van der Waals surface area contributed by atoms with Gasteiger partial charge in [-0.2, -0.15) is 0 Å². The summed E-state index contributed by atoms with van der Waals surface area (Å²) in [6.07, 6.45) is 3.70. The molecule has 0 saturated carbocycles. The van der Waals surface area contributed by atoms with E-state index >= 15 is 0 Å². The van der Waals surface area contributed by atoms with E-state index in [1.54, 1.807) is 5.56 Å². The predicted octanol–water partition coefficient (Wildman–Crippen LogP) is 1.47. The third kappa shape index (κ3) is 3.56. The van der Waals surface area contributed by atoms with Crippen LogP contribution in [0.25, 0.3) is 0 Å². The molecule has 1 fully saturated rings. The molecule has 3 nitrogen and oxygen atoms in total. The van der Waals surface area contributed by atoms with Crippen LogP contribution >= 0.6 is 0 Å². The Morgan fingerprint density at radius 1 is 1.16 bits per heavy atom. The maximum Gasteiger partial charge on any atom is 0.0594 e. The summed E-state index contributed by atoms with van der Waals surface area (Å²) < 4.78 is 5.37. The molecule has 104 valence electrons. The number of nitrogens with zero attached hydrogens (tertiary/aromatic N) is 1. The second-order valence-corrected chi connectivity index (χ2v) is 5.62. The van der Waals surface area contributed by atoms with Crippen molar-refractivity contribution in [3.8, 4) is 0 Å². The van der Waals surface area contributed by atoms with Crippen LogP contribution in [0.5, 0.6) is 0 Å². The van der Waals surface area contributed by atoms with Crippen molar-refractivity contribution in [3.63, 3.8) is 0 Å². The number of nitrogens with one attached hydrogen (secondary N) is 1. The Bertz CT molecular complexity index is 401. The van der Waals surface area contributed by atoms with E-state index in [-0.39, 0.29) is 0 Å². The highest BCUT2D eigenvalue weighted by Gasteiger charge is 2.18. The fourth-order valence-corrected chi connectivity index (χ4v) is 3.12. The van der Waals surface area contributed by atoms with Gasteiger partial charge in [0.05, 0.1) is 13.2 Å². The van der Waals surface area contributed by atoms with E-state index in [1.165, 1.54) is 24.8 Å². The topological polar surface area (TPSA) is 24.5 Å². The van der Waals surface area contributed by atoms with Crippen LogP contribution in [-0.4, -0.2) is 50.3 Å². The van der Waals surface area contributed by atoms with E-state index in [4.69, 9.17) is 4.74 Å². The third-order valence-corrected chi connectivity index (χ3v) is 4.31. The maximum absolute atomic E-state index is 5.37. The largest absolute Gasteiger partial charge is 0.379 e. The minimum Gasteiger partial charge on any atom is -0.379 e. The first kappa shape index (κ1) is 13.1. The Labute approximate surface area is 115 Å². The van der Waals surface area contributed by atoms with Gasteiger partial charge in [-0.05, 0) is 30.4 Å². The summed E-state index contributed by atoms with van der Waals surface area (Å²) in [5.74, 6) is 0. The van der Waals surface area contributed by atoms with E-state index in [0.29, 0.717) is 6.04 Å². The van der Waals surface area contributed by atoms with E-state index in [2.05, 4.69) is 34.5 Å². The lowest BCUT2D eigenvalue weighted by atomic mass is 9.88. The molecule has 1 N–H and O–H groups in total. The molecule has 2 aliphatic rings. The van der Waals surface area contributed by atoms with Crippen LogP contribution in [0.3, 0.4) is 0 Å². The van der Waals surface area contributed by atoms with Gasteiger partial charge in [-0.3, -0.25) is 4.90 Å². The number of morpholine rings is 1. The summed E-state index contributed by atoms with van der Waals surface area (Å²) >= 11 is 0. The molecule has 3 heteroatoms. The lowest BCUT2D eigenvalue weighted by Gasteiger charge is -2.29. The Balaban J connectivity index is 1.42. The van der Waals surface area contributed by atoms with Crippen molar-refractivity contribution in [2.24, 2.45) is 0 Å². The smallest absolute Gasteiger partial charge is 0.0594 e. The Morgan fingerprint density at radius 3 is 2.79 bits per heavy atom. The summed E-state index contributed by atoms with van der Waals surface area (Å²) in [4.78, 5) is 2.49. The van der Waals surface area contributed by atoms with Gasteiger partial charge in [-0.1, -0.05) is 24.3 Å². The zero-order valence-corrected chi connectivity index (χ0v) is 11.6. The Hall–Kier alpha value is -0.900. The number of ether oxygens (including phenoxy) is 1. The van der Waals surface area contributed by atoms with Crippen LogP contribution in [0.1, 0.15) is 17.5 Å². The molecule has 0 aromatic heterocycles. The lowest BCUT2D eigenvalue weighted by molar-refractivity contribution is 0.0381. The zero-order chi connectivity index (χ0) is 12.9. The van der Waals surface area contributed by atoms with Crippen molar-refractivity contribution in [3.05, 3.63) is 35.4 Å². The van der Waals surface area contributed by atoms with Gasteiger partial charge in [-0.25, -0.2) is 0 Å². The highest BCUT2D eigenvalue weighted by atomic mass is 16.5. The van der Waals surface area contributed by atoms with Gasteiger partial charge >= 0.3 is 0 Å². The molecule has 19 heavy (non-hydrogen) atoms. The third-order valence-electron chi connectivity index (χ3n) is 4.31. The monoisotopic (exact) mass is 260 g/mol. The molecule has 0 radical (unpaired) electrons. The van der Waals surface area contributed by atoms with Crippen LogP contribution in [0.4, 0.5) is 0 Å². The van der Waals surface area contributed by atoms with Crippen LogP contribution in [0.2, 0.25) is 0 Å². The molecule has 3 rings (SSSR count). The summed E-state index contributed by atoms with van der Waals surface area (Å²) in [6.45, 7) is 6.24. The van der Waals surface area contributed by atoms with Crippen molar-refractivity contribution in [1.29, 1.82) is 0 Å². The van der Waals surface area contributed by atoms with Gasteiger partial charge in [0.15, 0.2) is 0 Å². The Kier molecular flexibility index (Phi) is 4.49. The molecule has 1 aliphatic carbocycles. The second kappa shape index (κ2) is 6.51. The fraction of sp³-hybridized carbons (Fsp3) is 0.625. The lowest BCUT2D eigenvalue weighted by Crippen LogP contribution is -2.43. The summed E-state index contributed by atoms with van der Waals surface area (Å²) in [6, 6.07) is 9.54. The number of hydrogen-bond donors (Lipinski definition) is 1. The maximum atomic E-state index is 5.37. The zero-order valence-electron chi connectivity index (χ0n) is 11.6. The van der Waals surface area contributed by atoms with Crippen molar-refractivity contribution in [1.82, 2.24) is 10.2 Å². The van der Waals surface area contributed by atoms with Crippen LogP contribution in [0.15, 0.2) is 24.3 Å². The van der Waals surface area contributed by atoms with E-state index in [1.807, 2.05) is 0 Å². The number of rotatable bonds is 4. The highest BCUT2D eigenvalue weighted by Crippen LogP contribution is 2.20. The second-order valence-electron chi connectivity index (χ2n) is 5.62. The minimum absolute atomic E-state index is 0.663. The van der Waals surface area contributed by atoms with Gasteiger partial charge in [0.2, 0.25) is 0 Å². The van der Waals surface area contributed by atoms with Gasteiger partial charge in [0.25, 0.3) is 0 Å². The number of fused-ring (bicyclic) bond motifs is 1. The van der Waals surface area contributed by atoms with Gasteiger partial charge < -0.3 is 10.1 Å². The molecule has 0 bridgehead atoms. The first-order chi connectivity index (χ1) is 9.42. The van der Waals surface area contributed by atoms with Gasteiger partial charge in [-0.15, -0.1) is 0 Å². The molecule has 1 heterocycles. The van der Waals surface area contributed by atoms with Gasteiger partial charge in [0, 0.05) is 32.2 Å². The van der Waals surface area contributed by atoms with E-state index < -0.39 is 0 Å². The number of aryl methyl sites for hydroxylation is 1. The molecular formula is C16H24N2O. The summed E-state index contributed by atoms with van der Waals surface area (Å²) in [7, 11) is 0. The molecule has 1 aliphatic heterocycles. The first-order valence-electron chi connectivity index (χ1n) is 7.52. The van der Waals surface area contributed by atoms with E-state index in [9.17, 15) is 0 Å². The normalized spacial score (nSPS) is 24.1. The molecule has 1 atom stereocenters. The Morgan fingerprint density at radius 2 is 1.95 bits per heavy atom. The molecule has 1 unspecified atom stereocenters. The van der Waals surface area contributed by atoms with Crippen LogP contribution in [0, 0.1) is 0 Å². The number of benzene rings is 1. The molecule has 1 saturated heterocycles. The SMILES string of the molecule is c1ccc2c(c1)CCC(NCCN1CCOCC1)C2. The van der Waals surface area contributed by atoms with Crippen molar-refractivity contribution in [2.75, 3.05) is 39.4 Å². The van der Waals surface area contributed by atoms with Crippen molar-refractivity contribution >= 4 is 0 Å². The molecule has 0 spiro atoms. The number of hydrogen-bond acceptors (Lipinski definition) is 3. The summed E-state index contributed by atoms with van der Waals surface area (Å²) in [5, 5.41) is 3.73. The molecule has 1 aromatic rings. The van der Waals surface area contributed by atoms with Crippen molar-refractivity contribution in [2.45, 2.75) is 25.3 Å². The fourth-order valence-electron chi connectivity index (χ4n) is 3.12. The van der Waals surface area contributed by atoms with E-state index in [0.717, 1.165) is 39.4 Å². The molecular weight excluding hydrogens is 236 g/mol. The van der Waals surface area contributed by atoms with Crippen LogP contribution < -0.4 is 5.32 Å².